The van der Waals surface area contributed by atoms with E-state index in [0.29, 0.717) is 6.54 Å². The van der Waals surface area contributed by atoms with Crippen LogP contribution in [-0.2, 0) is 13.5 Å². The molecule has 3 nitrogen and oxygen atoms in total. The van der Waals surface area contributed by atoms with Gasteiger partial charge < -0.3 is 10.3 Å². The van der Waals surface area contributed by atoms with Gasteiger partial charge in [0.25, 0.3) is 0 Å². The molecule has 0 amide bonds. The number of fused-ring (bicyclic) bond motifs is 1. The first-order valence-corrected chi connectivity index (χ1v) is 6.61. The highest BCUT2D eigenvalue weighted by atomic mass is 19.1. The Kier molecular flexibility index (Phi) is 3.24. The molecule has 0 bridgehead atoms. The van der Waals surface area contributed by atoms with E-state index >= 15 is 0 Å². The zero-order valence-corrected chi connectivity index (χ0v) is 11.3. The van der Waals surface area contributed by atoms with Crippen LogP contribution in [0.1, 0.15) is 5.56 Å². The Morgan fingerprint density at radius 3 is 2.80 bits per heavy atom. The molecule has 2 N–H and O–H groups in total. The van der Waals surface area contributed by atoms with Crippen molar-refractivity contribution in [2.75, 3.05) is 6.54 Å². The quantitative estimate of drug-likeness (QED) is 0.794. The van der Waals surface area contributed by atoms with Crippen molar-refractivity contribution in [3.63, 3.8) is 0 Å². The summed E-state index contributed by atoms with van der Waals surface area (Å²) in [5, 5.41) is 0. The van der Waals surface area contributed by atoms with Gasteiger partial charge in [0.15, 0.2) is 0 Å². The Hall–Kier alpha value is -2.20. The Balaban J connectivity index is 2.22. The molecule has 0 atom stereocenters. The van der Waals surface area contributed by atoms with Crippen LogP contribution >= 0.6 is 0 Å². The molecule has 0 radical (unpaired) electrons. The van der Waals surface area contributed by atoms with E-state index in [9.17, 15) is 4.39 Å². The normalized spacial score (nSPS) is 11.2. The summed E-state index contributed by atoms with van der Waals surface area (Å²) in [5.41, 5.74) is 9.47. The Labute approximate surface area is 116 Å². The lowest BCUT2D eigenvalue weighted by Gasteiger charge is -2.08. The maximum Gasteiger partial charge on any atom is 0.141 e. The van der Waals surface area contributed by atoms with Gasteiger partial charge in [-0.1, -0.05) is 24.3 Å². The number of aromatic nitrogens is 2. The fraction of sp³-hybridized carbons (Fsp3) is 0.188. The SMILES string of the molecule is Cn1c(-c2ccccc2CCN)nc2ccc(F)cc21. The van der Waals surface area contributed by atoms with Crippen molar-refractivity contribution in [3.05, 3.63) is 53.8 Å². The maximum atomic E-state index is 13.4. The van der Waals surface area contributed by atoms with E-state index in [2.05, 4.69) is 11.1 Å². The van der Waals surface area contributed by atoms with Crippen LogP contribution in [0.5, 0.6) is 0 Å². The number of imidazole rings is 1. The van der Waals surface area contributed by atoms with E-state index < -0.39 is 0 Å². The first-order chi connectivity index (χ1) is 9.70. The molecule has 1 aromatic heterocycles. The van der Waals surface area contributed by atoms with Gasteiger partial charge in [0.2, 0.25) is 0 Å². The molecular weight excluding hydrogens is 253 g/mol. The monoisotopic (exact) mass is 269 g/mol. The van der Waals surface area contributed by atoms with E-state index in [1.54, 1.807) is 6.07 Å². The van der Waals surface area contributed by atoms with Gasteiger partial charge in [0.05, 0.1) is 11.0 Å². The highest BCUT2D eigenvalue weighted by molar-refractivity contribution is 5.81. The average molecular weight is 269 g/mol. The van der Waals surface area contributed by atoms with Gasteiger partial charge in [-0.25, -0.2) is 9.37 Å². The van der Waals surface area contributed by atoms with Crippen molar-refractivity contribution in [2.45, 2.75) is 6.42 Å². The first kappa shape index (κ1) is 12.8. The minimum atomic E-state index is -0.248. The van der Waals surface area contributed by atoms with Crippen LogP contribution in [0.4, 0.5) is 4.39 Å². The standard InChI is InChI=1S/C16H16FN3/c1-20-15-10-12(17)6-7-14(15)19-16(20)13-5-3-2-4-11(13)8-9-18/h2-7,10H,8-9,18H2,1H3. The van der Waals surface area contributed by atoms with E-state index in [4.69, 9.17) is 5.73 Å². The predicted octanol–water partition coefficient (Wildman–Crippen LogP) is 2.88. The van der Waals surface area contributed by atoms with Crippen molar-refractivity contribution in [3.8, 4) is 11.4 Å². The van der Waals surface area contributed by atoms with Gasteiger partial charge in [-0.05, 0) is 36.7 Å². The van der Waals surface area contributed by atoms with Crippen molar-refractivity contribution < 1.29 is 4.39 Å². The average Bonchev–Trinajstić information content (AvgIpc) is 2.77. The molecule has 4 heteroatoms. The predicted molar refractivity (Wildman–Crippen MR) is 78.9 cm³/mol. The molecule has 102 valence electrons. The lowest BCUT2D eigenvalue weighted by molar-refractivity contribution is 0.629. The molecule has 0 aliphatic heterocycles. The van der Waals surface area contributed by atoms with Crippen molar-refractivity contribution in [1.82, 2.24) is 9.55 Å². The molecule has 3 rings (SSSR count). The number of rotatable bonds is 3. The van der Waals surface area contributed by atoms with E-state index in [0.717, 1.165) is 34.4 Å². The largest absolute Gasteiger partial charge is 0.330 e. The van der Waals surface area contributed by atoms with Crippen LogP contribution in [-0.4, -0.2) is 16.1 Å². The zero-order valence-electron chi connectivity index (χ0n) is 11.3. The van der Waals surface area contributed by atoms with Crippen LogP contribution in [0.25, 0.3) is 22.4 Å². The third-order valence-electron chi connectivity index (χ3n) is 3.51. The third kappa shape index (κ3) is 2.08. The highest BCUT2D eigenvalue weighted by Gasteiger charge is 2.13. The smallest absolute Gasteiger partial charge is 0.141 e. The zero-order chi connectivity index (χ0) is 14.1. The molecule has 0 saturated carbocycles. The maximum absolute atomic E-state index is 13.4. The molecule has 0 unspecified atom stereocenters. The molecule has 2 aromatic carbocycles. The van der Waals surface area contributed by atoms with Gasteiger partial charge in [-0.2, -0.15) is 0 Å². The topological polar surface area (TPSA) is 43.8 Å². The summed E-state index contributed by atoms with van der Waals surface area (Å²) >= 11 is 0. The summed E-state index contributed by atoms with van der Waals surface area (Å²) in [6, 6.07) is 12.7. The summed E-state index contributed by atoms with van der Waals surface area (Å²) in [6.45, 7) is 0.593. The van der Waals surface area contributed by atoms with Gasteiger partial charge in [-0.3, -0.25) is 0 Å². The molecular formula is C16H16FN3. The molecule has 0 fully saturated rings. The Morgan fingerprint density at radius 1 is 1.20 bits per heavy atom. The fourth-order valence-corrected chi connectivity index (χ4v) is 2.52. The van der Waals surface area contributed by atoms with Crippen LogP contribution in [0.2, 0.25) is 0 Å². The summed E-state index contributed by atoms with van der Waals surface area (Å²) < 4.78 is 15.3. The Morgan fingerprint density at radius 2 is 2.00 bits per heavy atom. The van der Waals surface area contributed by atoms with Crippen molar-refractivity contribution in [1.29, 1.82) is 0 Å². The third-order valence-corrected chi connectivity index (χ3v) is 3.51. The van der Waals surface area contributed by atoms with Gasteiger partial charge >= 0.3 is 0 Å². The second-order valence-corrected chi connectivity index (χ2v) is 4.82. The summed E-state index contributed by atoms with van der Waals surface area (Å²) in [6.07, 6.45) is 0.799. The highest BCUT2D eigenvalue weighted by Crippen LogP contribution is 2.27. The van der Waals surface area contributed by atoms with E-state index in [1.165, 1.54) is 12.1 Å². The van der Waals surface area contributed by atoms with E-state index in [-0.39, 0.29) is 5.82 Å². The second-order valence-electron chi connectivity index (χ2n) is 4.82. The summed E-state index contributed by atoms with van der Waals surface area (Å²) in [4.78, 5) is 4.62. The van der Waals surface area contributed by atoms with Crippen LogP contribution < -0.4 is 5.73 Å². The lowest BCUT2D eigenvalue weighted by Crippen LogP contribution is -2.05. The van der Waals surface area contributed by atoms with Crippen molar-refractivity contribution >= 4 is 11.0 Å². The number of nitrogens with two attached hydrogens (primary N) is 1. The van der Waals surface area contributed by atoms with Gasteiger partial charge in [-0.15, -0.1) is 0 Å². The molecule has 0 spiro atoms. The number of hydrogen-bond donors (Lipinski definition) is 1. The molecule has 20 heavy (non-hydrogen) atoms. The number of benzene rings is 2. The number of halogens is 1. The molecule has 1 heterocycles. The molecule has 0 aliphatic rings. The number of nitrogens with zero attached hydrogens (tertiary/aromatic N) is 2. The van der Waals surface area contributed by atoms with E-state index in [1.807, 2.05) is 29.8 Å². The minimum absolute atomic E-state index is 0.248. The second kappa shape index (κ2) is 5.06. The van der Waals surface area contributed by atoms with Gasteiger partial charge in [0, 0.05) is 12.6 Å². The van der Waals surface area contributed by atoms with Crippen LogP contribution in [0.15, 0.2) is 42.5 Å². The summed E-state index contributed by atoms with van der Waals surface area (Å²) in [5.74, 6) is 0.594. The van der Waals surface area contributed by atoms with Crippen LogP contribution in [0.3, 0.4) is 0 Å². The Bertz CT molecular complexity index is 762. The first-order valence-electron chi connectivity index (χ1n) is 6.61. The van der Waals surface area contributed by atoms with Gasteiger partial charge in [0.1, 0.15) is 11.6 Å². The van der Waals surface area contributed by atoms with Crippen LogP contribution in [0, 0.1) is 5.82 Å². The molecule has 0 aliphatic carbocycles. The lowest BCUT2D eigenvalue weighted by atomic mass is 10.0. The number of hydrogen-bond acceptors (Lipinski definition) is 2. The molecule has 0 saturated heterocycles. The fourth-order valence-electron chi connectivity index (χ4n) is 2.52. The number of aryl methyl sites for hydroxylation is 1. The molecule has 3 aromatic rings. The van der Waals surface area contributed by atoms with Crippen molar-refractivity contribution in [2.24, 2.45) is 12.8 Å². The minimum Gasteiger partial charge on any atom is -0.330 e. The summed E-state index contributed by atoms with van der Waals surface area (Å²) in [7, 11) is 1.91.